The average Bonchev–Trinajstić information content (AvgIpc) is 4.21. The molecule has 14 heteroatoms. The quantitative estimate of drug-likeness (QED) is 0.139. The van der Waals surface area contributed by atoms with Crippen LogP contribution >= 0.6 is 0 Å². The molecule has 0 radical (unpaired) electrons. The lowest BCUT2D eigenvalue weighted by atomic mass is 9.77. The highest BCUT2D eigenvalue weighted by molar-refractivity contribution is 5.60. The van der Waals surface area contributed by atoms with Crippen LogP contribution in [0.2, 0.25) is 0 Å². The van der Waals surface area contributed by atoms with Gasteiger partial charge in [-0.05, 0) is 174 Å². The molecule has 4 unspecified atom stereocenters. The standard InChI is InChI=1S/C20H22O6.C20H22O5.C18H18O3/c1-22-18-6-12(7-19(23-2)20(18)24-3)14-8-13(21)4-11-5-16-17(9-15(11)14)26-10-25-16;1-21-18-8-13(9-19(22-2)20(18)23-3)14-6-4-5-12-7-16-17(10-15(12)14)25-11-24-16;1-19-14-7-5-12(6-8-14)15-4-2-3-13-9-17-18(10-16(13)15)21-11-20-17/h5-7,9,13-14,21H,4,8,10H2,1-3H3;7-10,14H,4-6,11H2,1-3H3;5-10,15H,2-4,11H2,1H3. The van der Waals surface area contributed by atoms with Crippen LogP contribution in [0.5, 0.6) is 74.7 Å². The lowest BCUT2D eigenvalue weighted by molar-refractivity contribution is 0.151. The molecule has 4 atom stereocenters. The van der Waals surface area contributed by atoms with Crippen LogP contribution in [0.1, 0.15) is 99.9 Å². The first kappa shape index (κ1) is 48.3. The van der Waals surface area contributed by atoms with Crippen molar-refractivity contribution in [2.75, 3.05) is 70.1 Å². The molecule has 3 aliphatic carbocycles. The maximum absolute atomic E-state index is 10.4. The summed E-state index contributed by atoms with van der Waals surface area (Å²) in [5, 5.41) is 10.4. The molecule has 0 saturated carbocycles. The van der Waals surface area contributed by atoms with E-state index in [2.05, 4.69) is 36.4 Å². The molecule has 6 aromatic carbocycles. The van der Waals surface area contributed by atoms with Gasteiger partial charge in [0.2, 0.25) is 31.9 Å². The van der Waals surface area contributed by atoms with Crippen molar-refractivity contribution in [2.24, 2.45) is 0 Å². The van der Waals surface area contributed by atoms with Gasteiger partial charge >= 0.3 is 0 Å². The molecule has 0 bridgehead atoms. The first-order chi connectivity index (χ1) is 35.2. The van der Waals surface area contributed by atoms with Crippen molar-refractivity contribution in [3.05, 3.63) is 135 Å². The lowest BCUT2D eigenvalue weighted by Gasteiger charge is -2.30. The van der Waals surface area contributed by atoms with Crippen LogP contribution in [0.25, 0.3) is 0 Å². The average molecular weight is 983 g/mol. The Hall–Kier alpha value is -7.32. The van der Waals surface area contributed by atoms with Crippen molar-refractivity contribution in [1.82, 2.24) is 0 Å². The molecule has 6 aromatic rings. The number of aliphatic hydroxyl groups excluding tert-OH is 1. The van der Waals surface area contributed by atoms with Gasteiger partial charge < -0.3 is 66.7 Å². The number of hydrogen-bond donors (Lipinski definition) is 1. The molecule has 3 heterocycles. The van der Waals surface area contributed by atoms with Gasteiger partial charge in [0.1, 0.15) is 5.75 Å². The van der Waals surface area contributed by atoms with E-state index in [0.29, 0.717) is 66.8 Å². The minimum absolute atomic E-state index is 0.00282. The highest BCUT2D eigenvalue weighted by Crippen LogP contribution is 2.50. The molecule has 0 aromatic heterocycles. The Balaban J connectivity index is 0.000000125. The Morgan fingerprint density at radius 2 is 0.778 bits per heavy atom. The van der Waals surface area contributed by atoms with Crippen molar-refractivity contribution in [2.45, 2.75) is 75.2 Å². The van der Waals surface area contributed by atoms with Crippen molar-refractivity contribution in [1.29, 1.82) is 0 Å². The Morgan fingerprint density at radius 3 is 1.18 bits per heavy atom. The molecule has 14 nitrogen and oxygen atoms in total. The molecule has 3 aliphatic heterocycles. The van der Waals surface area contributed by atoms with E-state index in [1.807, 2.05) is 48.5 Å². The topological polar surface area (TPSA) is 140 Å². The molecular weight excluding hydrogens is 921 g/mol. The van der Waals surface area contributed by atoms with Crippen LogP contribution in [-0.4, -0.2) is 81.4 Å². The van der Waals surface area contributed by atoms with Crippen LogP contribution in [0, 0.1) is 0 Å². The van der Waals surface area contributed by atoms with Gasteiger partial charge in [0.05, 0.1) is 55.9 Å². The summed E-state index contributed by atoms with van der Waals surface area (Å²) in [7, 11) is 11.4. The summed E-state index contributed by atoms with van der Waals surface area (Å²) in [4.78, 5) is 0. The number of aliphatic hydroxyl groups is 1. The fourth-order valence-corrected chi connectivity index (χ4v) is 11.1. The summed E-state index contributed by atoms with van der Waals surface area (Å²) in [5.41, 5.74) is 11.1. The van der Waals surface area contributed by atoms with Gasteiger partial charge in [0, 0.05) is 17.8 Å². The second-order valence-corrected chi connectivity index (χ2v) is 18.4. The van der Waals surface area contributed by atoms with Crippen molar-refractivity contribution in [3.8, 4) is 74.7 Å². The third-order valence-corrected chi connectivity index (χ3v) is 14.6. The van der Waals surface area contributed by atoms with E-state index in [-0.39, 0.29) is 18.6 Å². The smallest absolute Gasteiger partial charge is 0.231 e. The van der Waals surface area contributed by atoms with E-state index in [1.165, 1.54) is 40.7 Å². The number of benzene rings is 6. The third kappa shape index (κ3) is 9.47. The maximum Gasteiger partial charge on any atom is 0.231 e. The molecular formula is C58H62O14. The molecule has 72 heavy (non-hydrogen) atoms. The number of hydrogen-bond acceptors (Lipinski definition) is 14. The zero-order valence-corrected chi connectivity index (χ0v) is 41.9. The van der Waals surface area contributed by atoms with Gasteiger partial charge in [0.25, 0.3) is 0 Å². The van der Waals surface area contributed by atoms with Crippen molar-refractivity contribution < 1.29 is 66.7 Å². The van der Waals surface area contributed by atoms with Crippen molar-refractivity contribution >= 4 is 0 Å². The Morgan fingerprint density at radius 1 is 0.403 bits per heavy atom. The van der Waals surface area contributed by atoms with Gasteiger partial charge in [-0.1, -0.05) is 12.1 Å². The van der Waals surface area contributed by atoms with Gasteiger partial charge in [-0.2, -0.15) is 0 Å². The van der Waals surface area contributed by atoms with E-state index in [4.69, 9.17) is 61.6 Å². The predicted molar refractivity (Wildman–Crippen MR) is 269 cm³/mol. The van der Waals surface area contributed by atoms with Gasteiger partial charge in [-0.15, -0.1) is 0 Å². The van der Waals surface area contributed by atoms with E-state index in [1.54, 1.807) is 49.8 Å². The lowest BCUT2D eigenvalue weighted by Crippen LogP contribution is -2.23. The number of rotatable bonds is 10. The van der Waals surface area contributed by atoms with Gasteiger partial charge in [-0.3, -0.25) is 0 Å². The van der Waals surface area contributed by atoms with Crippen LogP contribution in [-0.2, 0) is 19.3 Å². The zero-order valence-electron chi connectivity index (χ0n) is 41.9. The van der Waals surface area contributed by atoms with Gasteiger partial charge in [0.15, 0.2) is 57.5 Å². The second kappa shape index (κ2) is 21.2. The summed E-state index contributed by atoms with van der Waals surface area (Å²) < 4.78 is 71.3. The van der Waals surface area contributed by atoms with Crippen LogP contribution < -0.4 is 61.6 Å². The minimum atomic E-state index is -0.424. The van der Waals surface area contributed by atoms with E-state index >= 15 is 0 Å². The predicted octanol–water partition coefficient (Wildman–Crippen LogP) is 10.7. The molecule has 0 amide bonds. The molecule has 378 valence electrons. The summed E-state index contributed by atoms with van der Waals surface area (Å²) >= 11 is 0. The summed E-state index contributed by atoms with van der Waals surface area (Å²) in [6.07, 6.45) is 7.58. The number of aryl methyl sites for hydroxylation is 2. The maximum atomic E-state index is 10.4. The molecule has 0 spiro atoms. The Kier molecular flexibility index (Phi) is 14.2. The number of methoxy groups -OCH3 is 7. The van der Waals surface area contributed by atoms with E-state index < -0.39 is 6.10 Å². The Bertz CT molecular complexity index is 2860. The number of ether oxygens (including phenoxy) is 13. The van der Waals surface area contributed by atoms with Gasteiger partial charge in [-0.25, -0.2) is 0 Å². The first-order valence-corrected chi connectivity index (χ1v) is 24.4. The normalized spacial score (nSPS) is 19.2. The highest BCUT2D eigenvalue weighted by atomic mass is 16.7. The Labute approximate surface area is 420 Å². The second-order valence-electron chi connectivity index (χ2n) is 18.4. The molecule has 12 rings (SSSR count). The fraction of sp³-hybridized carbons (Fsp3) is 0.379. The molecule has 0 saturated heterocycles. The molecule has 0 fully saturated rings. The summed E-state index contributed by atoms with van der Waals surface area (Å²) in [6.45, 7) is 0.869. The third-order valence-electron chi connectivity index (χ3n) is 14.6. The first-order valence-electron chi connectivity index (χ1n) is 24.4. The molecule has 6 aliphatic rings. The fourth-order valence-electron chi connectivity index (χ4n) is 11.1. The monoisotopic (exact) mass is 982 g/mol. The van der Waals surface area contributed by atoms with E-state index in [9.17, 15) is 5.11 Å². The zero-order chi connectivity index (χ0) is 49.9. The number of fused-ring (bicyclic) bond motifs is 6. The van der Waals surface area contributed by atoms with E-state index in [0.717, 1.165) is 88.2 Å². The SMILES string of the molecule is COc1cc(C2CC(O)Cc3cc4c(cc32)OCO4)cc(OC)c1OC.COc1cc(C2CCCc3cc4c(cc32)OCO4)cc(OC)c1OC.COc1ccc(C2CCCc3cc4c(cc32)OCO4)cc1. The minimum Gasteiger partial charge on any atom is -0.497 e. The largest absolute Gasteiger partial charge is 0.497 e. The highest BCUT2D eigenvalue weighted by Gasteiger charge is 2.33. The van der Waals surface area contributed by atoms with Crippen molar-refractivity contribution in [3.63, 3.8) is 0 Å². The molecule has 1 N–H and O–H groups in total. The summed E-state index contributed by atoms with van der Waals surface area (Å²) in [6, 6.07) is 29.0. The van der Waals surface area contributed by atoms with Crippen LogP contribution in [0.4, 0.5) is 0 Å². The van der Waals surface area contributed by atoms with Crippen LogP contribution in [0.3, 0.4) is 0 Å². The summed E-state index contributed by atoms with van der Waals surface area (Å²) in [5.74, 6) is 10.3. The van der Waals surface area contributed by atoms with Crippen LogP contribution in [0.15, 0.2) is 84.9 Å².